The van der Waals surface area contributed by atoms with E-state index in [9.17, 15) is 19.1 Å². The van der Waals surface area contributed by atoms with Crippen molar-refractivity contribution in [2.45, 2.75) is 37.0 Å². The number of carboxylic acid groups (broad SMARTS) is 1. The largest absolute Gasteiger partial charge is 0.481 e. The molecule has 3 rings (SSSR count). The van der Waals surface area contributed by atoms with Crippen LogP contribution >= 0.6 is 0 Å². The van der Waals surface area contributed by atoms with Crippen LogP contribution in [0.5, 0.6) is 0 Å². The molecule has 4 nitrogen and oxygen atoms in total. The zero-order chi connectivity index (χ0) is 18.6. The molecule has 0 bridgehead atoms. The fraction of sp³-hybridized carbons (Fsp3) is 0.333. The smallest absolute Gasteiger partial charge is 0.312 e. The van der Waals surface area contributed by atoms with E-state index >= 15 is 0 Å². The monoisotopic (exact) mass is 355 g/mol. The van der Waals surface area contributed by atoms with Crippen molar-refractivity contribution in [1.29, 1.82) is 0 Å². The van der Waals surface area contributed by atoms with E-state index in [1.807, 2.05) is 6.07 Å². The van der Waals surface area contributed by atoms with Gasteiger partial charge < -0.3 is 10.4 Å². The summed E-state index contributed by atoms with van der Waals surface area (Å²) in [5.41, 5.74) is 0.746. The van der Waals surface area contributed by atoms with Gasteiger partial charge in [0.1, 0.15) is 5.82 Å². The Morgan fingerprint density at radius 2 is 1.65 bits per heavy atom. The maximum absolute atomic E-state index is 13.3. The quantitative estimate of drug-likeness (QED) is 0.832. The SMILES string of the molecule is O=C(O)C(CNC(=O)C1(c2ccc(F)cc2)CCCC1)c1ccccc1. The van der Waals surface area contributed by atoms with E-state index in [0.29, 0.717) is 18.4 Å². The third kappa shape index (κ3) is 3.62. The Hall–Kier alpha value is -2.69. The molecule has 0 heterocycles. The highest BCUT2D eigenvalue weighted by molar-refractivity contribution is 5.89. The molecule has 1 aliphatic carbocycles. The highest BCUT2D eigenvalue weighted by Gasteiger charge is 2.42. The predicted molar refractivity (Wildman–Crippen MR) is 96.4 cm³/mol. The Labute approximate surface area is 152 Å². The Kier molecular flexibility index (Phi) is 5.35. The van der Waals surface area contributed by atoms with Crippen LogP contribution in [0.1, 0.15) is 42.7 Å². The first-order valence-electron chi connectivity index (χ1n) is 8.85. The van der Waals surface area contributed by atoms with Gasteiger partial charge in [-0.25, -0.2) is 4.39 Å². The summed E-state index contributed by atoms with van der Waals surface area (Å²) in [5, 5.41) is 12.4. The number of aliphatic carboxylic acids is 1. The molecule has 2 aromatic carbocycles. The first-order chi connectivity index (χ1) is 12.5. The Morgan fingerprint density at radius 3 is 2.23 bits per heavy atom. The van der Waals surface area contributed by atoms with E-state index in [-0.39, 0.29) is 18.3 Å². The Bertz CT molecular complexity index is 768. The van der Waals surface area contributed by atoms with Gasteiger partial charge in [0.25, 0.3) is 0 Å². The van der Waals surface area contributed by atoms with Crippen LogP contribution in [-0.4, -0.2) is 23.5 Å². The average molecular weight is 355 g/mol. The summed E-state index contributed by atoms with van der Waals surface area (Å²) in [6.45, 7) is 0.0289. The van der Waals surface area contributed by atoms with Crippen molar-refractivity contribution in [3.05, 3.63) is 71.5 Å². The van der Waals surface area contributed by atoms with Crippen LogP contribution in [0.3, 0.4) is 0 Å². The maximum atomic E-state index is 13.3. The van der Waals surface area contributed by atoms with Crippen molar-refractivity contribution in [1.82, 2.24) is 5.32 Å². The van der Waals surface area contributed by atoms with Crippen molar-refractivity contribution in [3.8, 4) is 0 Å². The van der Waals surface area contributed by atoms with Crippen LogP contribution in [0.4, 0.5) is 4.39 Å². The molecular weight excluding hydrogens is 333 g/mol. The summed E-state index contributed by atoms with van der Waals surface area (Å²) >= 11 is 0. The van der Waals surface area contributed by atoms with Gasteiger partial charge in [-0.15, -0.1) is 0 Å². The average Bonchev–Trinajstić information content (AvgIpc) is 3.14. The normalized spacial score (nSPS) is 16.8. The number of hydrogen-bond donors (Lipinski definition) is 2. The minimum Gasteiger partial charge on any atom is -0.481 e. The zero-order valence-corrected chi connectivity index (χ0v) is 14.5. The lowest BCUT2D eigenvalue weighted by molar-refractivity contribution is -0.138. The second kappa shape index (κ2) is 7.68. The van der Waals surface area contributed by atoms with E-state index in [1.165, 1.54) is 12.1 Å². The molecule has 1 aliphatic rings. The molecule has 1 atom stereocenters. The van der Waals surface area contributed by atoms with Crippen molar-refractivity contribution < 1.29 is 19.1 Å². The van der Waals surface area contributed by atoms with Crippen molar-refractivity contribution in [2.24, 2.45) is 0 Å². The second-order valence-corrected chi connectivity index (χ2v) is 6.81. The number of hydrogen-bond acceptors (Lipinski definition) is 2. The number of rotatable bonds is 6. The van der Waals surface area contributed by atoms with Crippen LogP contribution in [0, 0.1) is 5.82 Å². The van der Waals surface area contributed by atoms with E-state index in [2.05, 4.69) is 5.32 Å². The van der Waals surface area contributed by atoms with Crippen LogP contribution < -0.4 is 5.32 Å². The number of nitrogens with one attached hydrogen (secondary N) is 1. The van der Waals surface area contributed by atoms with Crippen molar-refractivity contribution in [2.75, 3.05) is 6.54 Å². The fourth-order valence-electron chi connectivity index (χ4n) is 3.79. The third-order valence-corrected chi connectivity index (χ3v) is 5.26. The number of amides is 1. The van der Waals surface area contributed by atoms with E-state index in [4.69, 9.17) is 0 Å². The first-order valence-corrected chi connectivity index (χ1v) is 8.85. The van der Waals surface area contributed by atoms with Gasteiger partial charge in [-0.1, -0.05) is 55.3 Å². The van der Waals surface area contributed by atoms with Gasteiger partial charge >= 0.3 is 5.97 Å². The van der Waals surface area contributed by atoms with Crippen LogP contribution in [0.25, 0.3) is 0 Å². The van der Waals surface area contributed by atoms with Crippen LogP contribution in [0.15, 0.2) is 54.6 Å². The topological polar surface area (TPSA) is 66.4 Å². The number of halogens is 1. The molecule has 0 radical (unpaired) electrons. The second-order valence-electron chi connectivity index (χ2n) is 6.81. The van der Waals surface area contributed by atoms with Gasteiger partial charge in [-0.3, -0.25) is 9.59 Å². The number of benzene rings is 2. The molecule has 5 heteroatoms. The maximum Gasteiger partial charge on any atom is 0.312 e. The summed E-state index contributed by atoms with van der Waals surface area (Å²) in [6, 6.07) is 14.9. The molecule has 26 heavy (non-hydrogen) atoms. The van der Waals surface area contributed by atoms with Gasteiger partial charge in [0.2, 0.25) is 5.91 Å². The van der Waals surface area contributed by atoms with Gasteiger partial charge in [0.15, 0.2) is 0 Å². The van der Waals surface area contributed by atoms with Gasteiger partial charge in [-0.2, -0.15) is 0 Å². The minimum absolute atomic E-state index is 0.0289. The zero-order valence-electron chi connectivity index (χ0n) is 14.5. The summed E-state index contributed by atoms with van der Waals surface area (Å²) in [4.78, 5) is 24.6. The molecule has 136 valence electrons. The lowest BCUT2D eigenvalue weighted by Crippen LogP contribution is -2.44. The molecule has 1 unspecified atom stereocenters. The lowest BCUT2D eigenvalue weighted by Gasteiger charge is -2.29. The first kappa shape index (κ1) is 18.1. The highest BCUT2D eigenvalue weighted by Crippen LogP contribution is 2.41. The number of carboxylic acids is 1. The van der Waals surface area contributed by atoms with Gasteiger partial charge in [0, 0.05) is 6.54 Å². The van der Waals surface area contributed by atoms with Crippen LogP contribution in [0.2, 0.25) is 0 Å². The molecular formula is C21H22FNO3. The number of carbonyl (C=O) groups excluding carboxylic acids is 1. The molecule has 2 N–H and O–H groups in total. The van der Waals surface area contributed by atoms with Gasteiger partial charge in [-0.05, 0) is 36.1 Å². The molecule has 0 saturated heterocycles. The van der Waals surface area contributed by atoms with Crippen LogP contribution in [-0.2, 0) is 15.0 Å². The summed E-state index contributed by atoms with van der Waals surface area (Å²) in [5.74, 6) is -2.29. The van der Waals surface area contributed by atoms with Gasteiger partial charge in [0.05, 0.1) is 11.3 Å². The molecule has 2 aromatic rings. The standard InChI is InChI=1S/C21H22FNO3/c22-17-10-8-16(9-11-17)21(12-4-5-13-21)20(26)23-14-18(19(24)25)15-6-2-1-3-7-15/h1-3,6-11,18H,4-5,12-14H2,(H,23,26)(H,24,25). The third-order valence-electron chi connectivity index (χ3n) is 5.26. The lowest BCUT2D eigenvalue weighted by atomic mass is 9.78. The molecule has 0 aliphatic heterocycles. The molecule has 1 amide bonds. The minimum atomic E-state index is -0.973. The summed E-state index contributed by atoms with van der Waals surface area (Å²) in [6.07, 6.45) is 3.22. The molecule has 1 fully saturated rings. The molecule has 0 spiro atoms. The number of carbonyl (C=O) groups is 2. The predicted octanol–water partition coefficient (Wildman–Crippen LogP) is 3.62. The fourth-order valence-corrected chi connectivity index (χ4v) is 3.79. The van der Waals surface area contributed by atoms with E-state index in [0.717, 1.165) is 18.4 Å². The highest BCUT2D eigenvalue weighted by atomic mass is 19.1. The Morgan fingerprint density at radius 1 is 1.04 bits per heavy atom. The van der Waals surface area contributed by atoms with Crippen molar-refractivity contribution in [3.63, 3.8) is 0 Å². The summed E-state index contributed by atoms with van der Waals surface area (Å²) in [7, 11) is 0. The summed E-state index contributed by atoms with van der Waals surface area (Å²) < 4.78 is 13.3. The van der Waals surface area contributed by atoms with Crippen molar-refractivity contribution >= 4 is 11.9 Å². The Balaban J connectivity index is 1.78. The molecule has 1 saturated carbocycles. The molecule has 0 aromatic heterocycles. The van der Waals surface area contributed by atoms with E-state index < -0.39 is 17.3 Å². The van der Waals surface area contributed by atoms with E-state index in [1.54, 1.807) is 36.4 Å².